The third-order valence-corrected chi connectivity index (χ3v) is 5.70. The summed E-state index contributed by atoms with van der Waals surface area (Å²) in [6.07, 6.45) is 2.70. The van der Waals surface area contributed by atoms with Crippen LogP contribution < -0.4 is 11.3 Å². The first kappa shape index (κ1) is 14.7. The molecule has 0 radical (unpaired) electrons. The van der Waals surface area contributed by atoms with Crippen molar-refractivity contribution in [2.75, 3.05) is 12.5 Å². The van der Waals surface area contributed by atoms with E-state index in [1.807, 2.05) is 0 Å². The molecule has 0 aliphatic heterocycles. The normalized spacial score (nSPS) is 16.7. The van der Waals surface area contributed by atoms with Crippen LogP contribution in [-0.4, -0.2) is 28.0 Å². The van der Waals surface area contributed by atoms with Crippen LogP contribution in [0, 0.1) is 19.8 Å². The molecule has 1 aliphatic carbocycles. The molecule has 2 aromatic rings. The standard InChI is InChI=1S/C15H23N5S/c1-8-10(3)21-15-13(8)14(19-16)17-12(18-15)7-20(4)9(2)11-5-6-11/h9,11H,5-7,16H2,1-4H3,(H,17,18,19). The molecule has 1 saturated carbocycles. The van der Waals surface area contributed by atoms with Crippen molar-refractivity contribution in [3.05, 3.63) is 16.3 Å². The van der Waals surface area contributed by atoms with E-state index in [-0.39, 0.29) is 0 Å². The van der Waals surface area contributed by atoms with E-state index in [0.717, 1.165) is 34.3 Å². The molecule has 2 aromatic heterocycles. The molecule has 0 bridgehead atoms. The molecule has 1 fully saturated rings. The number of aryl methyl sites for hydroxylation is 2. The van der Waals surface area contributed by atoms with E-state index in [4.69, 9.17) is 10.8 Å². The van der Waals surface area contributed by atoms with Gasteiger partial charge >= 0.3 is 0 Å². The van der Waals surface area contributed by atoms with Crippen molar-refractivity contribution in [3.63, 3.8) is 0 Å². The number of nitrogens with one attached hydrogen (secondary N) is 1. The van der Waals surface area contributed by atoms with Crippen LogP contribution in [-0.2, 0) is 6.54 Å². The van der Waals surface area contributed by atoms with Crippen LogP contribution in [0.4, 0.5) is 5.82 Å². The number of thiophene rings is 1. The Labute approximate surface area is 129 Å². The molecule has 5 nitrogen and oxygen atoms in total. The third kappa shape index (κ3) is 2.75. The molecule has 2 heterocycles. The zero-order valence-electron chi connectivity index (χ0n) is 13.1. The molecule has 1 aliphatic rings. The molecule has 3 N–H and O–H groups in total. The van der Waals surface area contributed by atoms with Gasteiger partial charge in [-0.3, -0.25) is 4.90 Å². The molecular weight excluding hydrogens is 282 g/mol. The first-order chi connectivity index (χ1) is 10.0. The van der Waals surface area contributed by atoms with Crippen LogP contribution >= 0.6 is 11.3 Å². The number of hydrogen-bond acceptors (Lipinski definition) is 6. The predicted molar refractivity (Wildman–Crippen MR) is 88.4 cm³/mol. The Bertz CT molecular complexity index is 662. The summed E-state index contributed by atoms with van der Waals surface area (Å²) in [6, 6.07) is 0.588. The maximum atomic E-state index is 5.66. The van der Waals surface area contributed by atoms with E-state index in [1.165, 1.54) is 23.3 Å². The van der Waals surface area contributed by atoms with Gasteiger partial charge in [0.15, 0.2) is 5.82 Å². The average molecular weight is 305 g/mol. The van der Waals surface area contributed by atoms with Crippen LogP contribution in [0.1, 0.15) is 36.0 Å². The van der Waals surface area contributed by atoms with Gasteiger partial charge in [0.25, 0.3) is 0 Å². The van der Waals surface area contributed by atoms with E-state index in [2.05, 4.69) is 43.1 Å². The summed E-state index contributed by atoms with van der Waals surface area (Å²) in [5.74, 6) is 8.09. The second kappa shape index (κ2) is 5.51. The SMILES string of the molecule is Cc1sc2nc(CN(C)C(C)C3CC3)nc(NN)c2c1C. The lowest BCUT2D eigenvalue weighted by Gasteiger charge is -2.23. The summed E-state index contributed by atoms with van der Waals surface area (Å²) in [6.45, 7) is 7.26. The van der Waals surface area contributed by atoms with Gasteiger partial charge in [0, 0.05) is 10.9 Å². The van der Waals surface area contributed by atoms with E-state index < -0.39 is 0 Å². The van der Waals surface area contributed by atoms with Gasteiger partial charge in [-0.1, -0.05) is 0 Å². The highest BCUT2D eigenvalue weighted by Gasteiger charge is 2.30. The van der Waals surface area contributed by atoms with Gasteiger partial charge in [0.1, 0.15) is 10.7 Å². The van der Waals surface area contributed by atoms with Crippen LogP contribution in [0.25, 0.3) is 10.2 Å². The molecule has 6 heteroatoms. The molecule has 0 aromatic carbocycles. The van der Waals surface area contributed by atoms with Crippen LogP contribution in [0.15, 0.2) is 0 Å². The van der Waals surface area contributed by atoms with Crippen molar-refractivity contribution in [2.24, 2.45) is 11.8 Å². The fourth-order valence-corrected chi connectivity index (χ4v) is 3.82. The highest BCUT2D eigenvalue weighted by atomic mass is 32.1. The van der Waals surface area contributed by atoms with Gasteiger partial charge in [-0.25, -0.2) is 15.8 Å². The lowest BCUT2D eigenvalue weighted by molar-refractivity contribution is 0.221. The van der Waals surface area contributed by atoms with Crippen LogP contribution in [0.5, 0.6) is 0 Å². The summed E-state index contributed by atoms with van der Waals surface area (Å²) in [4.78, 5) is 14.0. The summed E-state index contributed by atoms with van der Waals surface area (Å²) >= 11 is 1.71. The van der Waals surface area contributed by atoms with E-state index in [0.29, 0.717) is 6.04 Å². The molecule has 0 amide bonds. The maximum absolute atomic E-state index is 5.66. The first-order valence-corrected chi connectivity index (χ1v) is 8.26. The van der Waals surface area contributed by atoms with Gasteiger partial charge in [-0.15, -0.1) is 11.3 Å². The second-order valence-corrected chi connectivity index (χ2v) is 7.29. The number of hydrazine groups is 1. The lowest BCUT2D eigenvalue weighted by Crippen LogP contribution is -2.31. The molecule has 114 valence electrons. The number of anilines is 1. The number of hydrogen-bond donors (Lipinski definition) is 2. The minimum atomic E-state index is 0.588. The summed E-state index contributed by atoms with van der Waals surface area (Å²) in [5.41, 5.74) is 3.96. The van der Waals surface area contributed by atoms with Gasteiger partial charge < -0.3 is 5.43 Å². The van der Waals surface area contributed by atoms with Crippen molar-refractivity contribution in [1.29, 1.82) is 0 Å². The molecule has 3 rings (SSSR count). The number of nitrogens with zero attached hydrogens (tertiary/aromatic N) is 3. The molecule has 1 unspecified atom stereocenters. The van der Waals surface area contributed by atoms with Crippen molar-refractivity contribution in [3.8, 4) is 0 Å². The predicted octanol–water partition coefficient (Wildman–Crippen LogP) is 2.82. The molecule has 0 spiro atoms. The van der Waals surface area contributed by atoms with Gasteiger partial charge in [0.2, 0.25) is 0 Å². The number of nitrogens with two attached hydrogens (primary N) is 1. The number of nitrogen functional groups attached to an aromatic ring is 1. The minimum Gasteiger partial charge on any atom is -0.308 e. The highest BCUT2D eigenvalue weighted by molar-refractivity contribution is 7.18. The zero-order chi connectivity index (χ0) is 15.1. The van der Waals surface area contributed by atoms with E-state index in [9.17, 15) is 0 Å². The monoisotopic (exact) mass is 305 g/mol. The fraction of sp³-hybridized carbons (Fsp3) is 0.600. The Morgan fingerprint density at radius 2 is 2.10 bits per heavy atom. The maximum Gasteiger partial charge on any atom is 0.152 e. The quantitative estimate of drug-likeness (QED) is 0.657. The van der Waals surface area contributed by atoms with Gasteiger partial charge in [0.05, 0.1) is 11.9 Å². The summed E-state index contributed by atoms with van der Waals surface area (Å²) in [5, 5.41) is 1.06. The van der Waals surface area contributed by atoms with Crippen LogP contribution in [0.3, 0.4) is 0 Å². The Balaban J connectivity index is 1.92. The number of aromatic nitrogens is 2. The number of rotatable bonds is 5. The highest BCUT2D eigenvalue weighted by Crippen LogP contribution is 2.36. The van der Waals surface area contributed by atoms with Crippen LogP contribution in [0.2, 0.25) is 0 Å². The second-order valence-electron chi connectivity index (χ2n) is 6.09. The Morgan fingerprint density at radius 1 is 1.38 bits per heavy atom. The van der Waals surface area contributed by atoms with Crippen molar-refractivity contribution < 1.29 is 0 Å². The topological polar surface area (TPSA) is 67.1 Å². The Morgan fingerprint density at radius 3 is 2.71 bits per heavy atom. The fourth-order valence-electron chi connectivity index (χ4n) is 2.77. The smallest absolute Gasteiger partial charge is 0.152 e. The molecule has 1 atom stereocenters. The van der Waals surface area contributed by atoms with Crippen molar-refractivity contribution in [2.45, 2.75) is 46.2 Å². The Kier molecular flexibility index (Phi) is 3.86. The van der Waals surface area contributed by atoms with Crippen molar-refractivity contribution in [1.82, 2.24) is 14.9 Å². The molecule has 21 heavy (non-hydrogen) atoms. The van der Waals surface area contributed by atoms with E-state index in [1.54, 1.807) is 11.3 Å². The number of fused-ring (bicyclic) bond motifs is 1. The summed E-state index contributed by atoms with van der Waals surface area (Å²) < 4.78 is 0. The first-order valence-electron chi connectivity index (χ1n) is 7.44. The lowest BCUT2D eigenvalue weighted by atomic mass is 10.2. The van der Waals surface area contributed by atoms with E-state index >= 15 is 0 Å². The minimum absolute atomic E-state index is 0.588. The zero-order valence-corrected chi connectivity index (χ0v) is 13.9. The Hall–Kier alpha value is -1.24. The average Bonchev–Trinajstić information content (AvgIpc) is 3.25. The van der Waals surface area contributed by atoms with Gasteiger partial charge in [-0.05, 0) is 52.1 Å². The largest absolute Gasteiger partial charge is 0.308 e. The van der Waals surface area contributed by atoms with Crippen molar-refractivity contribution >= 4 is 27.4 Å². The molecule has 0 saturated heterocycles. The molecular formula is C15H23N5S. The summed E-state index contributed by atoms with van der Waals surface area (Å²) in [7, 11) is 2.15. The third-order valence-electron chi connectivity index (χ3n) is 4.60. The van der Waals surface area contributed by atoms with Gasteiger partial charge in [-0.2, -0.15) is 0 Å².